The van der Waals surface area contributed by atoms with E-state index in [0.29, 0.717) is 17.2 Å². The summed E-state index contributed by atoms with van der Waals surface area (Å²) in [6.45, 7) is 4.00. The fraction of sp³-hybridized carbons (Fsp3) is 0.417. The highest BCUT2D eigenvalue weighted by Crippen LogP contribution is 2.35. The number of amides is 1. The second-order valence-corrected chi connectivity index (χ2v) is 7.74. The number of rotatable bonds is 4. The van der Waals surface area contributed by atoms with E-state index in [1.807, 2.05) is 61.3 Å². The first-order chi connectivity index (χ1) is 14.2. The van der Waals surface area contributed by atoms with Gasteiger partial charge < -0.3 is 5.32 Å². The Balaban J connectivity index is 0.00000117. The number of benzene rings is 2. The number of hydrazone groups is 1. The van der Waals surface area contributed by atoms with Crippen LogP contribution >= 0.6 is 11.6 Å². The van der Waals surface area contributed by atoms with Crippen molar-refractivity contribution in [1.82, 2.24) is 5.32 Å². The Hall–Kier alpha value is -2.33. The molecule has 1 aliphatic carbocycles. The minimum Gasteiger partial charge on any atom is -0.348 e. The minimum atomic E-state index is -0.0284. The third kappa shape index (κ3) is 5.39. The molecule has 1 unspecified atom stereocenters. The topological polar surface area (TPSA) is 44.7 Å². The maximum atomic E-state index is 12.8. The highest BCUT2D eigenvalue weighted by molar-refractivity contribution is 6.39. The van der Waals surface area contributed by atoms with Crippen molar-refractivity contribution in [3.8, 4) is 0 Å². The lowest BCUT2D eigenvalue weighted by molar-refractivity contribution is -0.115. The average molecular weight is 412 g/mol. The molecule has 154 valence electrons. The molecule has 5 heteroatoms. The monoisotopic (exact) mass is 411 g/mol. The van der Waals surface area contributed by atoms with Gasteiger partial charge in [-0.1, -0.05) is 75.0 Å². The fourth-order valence-corrected chi connectivity index (χ4v) is 4.06. The van der Waals surface area contributed by atoms with Crippen molar-refractivity contribution < 1.29 is 4.79 Å². The van der Waals surface area contributed by atoms with Gasteiger partial charge in [0.2, 0.25) is 0 Å². The Bertz CT molecular complexity index is 814. The number of hydrogen-bond donors (Lipinski definition) is 1. The summed E-state index contributed by atoms with van der Waals surface area (Å²) in [7, 11) is 0. The SMILES string of the molecule is CC.O=C(NC1CCCCC1)C1=NN(c2ccc(Cl)cc2)C(c2ccccc2)C1. The third-order valence-corrected chi connectivity index (χ3v) is 5.64. The van der Waals surface area contributed by atoms with Crippen LogP contribution in [0, 0.1) is 0 Å². The van der Waals surface area contributed by atoms with Gasteiger partial charge in [-0.05, 0) is 42.7 Å². The molecule has 0 aromatic heterocycles. The lowest BCUT2D eigenvalue weighted by Gasteiger charge is -2.24. The van der Waals surface area contributed by atoms with Gasteiger partial charge in [-0.15, -0.1) is 0 Å². The van der Waals surface area contributed by atoms with Crippen LogP contribution in [0.2, 0.25) is 5.02 Å². The highest BCUT2D eigenvalue weighted by atomic mass is 35.5. The normalized spacial score (nSPS) is 19.2. The van der Waals surface area contributed by atoms with E-state index in [4.69, 9.17) is 16.7 Å². The number of hydrogen-bond acceptors (Lipinski definition) is 3. The first-order valence-corrected chi connectivity index (χ1v) is 11.1. The summed E-state index contributed by atoms with van der Waals surface area (Å²) in [6.07, 6.45) is 6.41. The van der Waals surface area contributed by atoms with Crippen LogP contribution in [0.4, 0.5) is 5.69 Å². The van der Waals surface area contributed by atoms with Crippen LogP contribution in [-0.4, -0.2) is 17.7 Å². The van der Waals surface area contributed by atoms with Crippen molar-refractivity contribution in [2.75, 3.05) is 5.01 Å². The molecule has 0 spiro atoms. The van der Waals surface area contributed by atoms with Crippen molar-refractivity contribution in [2.45, 2.75) is 64.5 Å². The molecule has 2 aromatic rings. The molecule has 2 aliphatic rings. The van der Waals surface area contributed by atoms with E-state index < -0.39 is 0 Å². The molecule has 4 nitrogen and oxygen atoms in total. The summed E-state index contributed by atoms with van der Waals surface area (Å²) in [6, 6.07) is 18.1. The number of nitrogens with zero attached hydrogens (tertiary/aromatic N) is 2. The third-order valence-electron chi connectivity index (χ3n) is 5.39. The second kappa shape index (κ2) is 10.4. The summed E-state index contributed by atoms with van der Waals surface area (Å²) in [4.78, 5) is 12.8. The van der Waals surface area contributed by atoms with Crippen LogP contribution in [0.15, 0.2) is 59.7 Å². The number of nitrogens with one attached hydrogen (secondary N) is 1. The standard InChI is InChI=1S/C22H24ClN3O.C2H6/c23-17-11-13-19(14-12-17)26-21(16-7-3-1-4-8-16)15-20(25-26)22(27)24-18-9-5-2-6-10-18;1-2/h1,3-4,7-8,11-14,18,21H,2,5-6,9-10,15H2,(H,24,27);1-2H3. The van der Waals surface area contributed by atoms with E-state index in [0.717, 1.165) is 24.1 Å². The Morgan fingerprint density at radius 2 is 1.66 bits per heavy atom. The van der Waals surface area contributed by atoms with E-state index >= 15 is 0 Å². The van der Waals surface area contributed by atoms with Crippen LogP contribution in [0.3, 0.4) is 0 Å². The minimum absolute atomic E-state index is 0.0134. The van der Waals surface area contributed by atoms with Gasteiger partial charge in [0, 0.05) is 17.5 Å². The van der Waals surface area contributed by atoms with Gasteiger partial charge >= 0.3 is 0 Å². The molecular formula is C24H30ClN3O. The Labute approximate surface area is 179 Å². The molecule has 1 fully saturated rings. The largest absolute Gasteiger partial charge is 0.348 e. The number of carbonyl (C=O) groups excluding carboxylic acids is 1. The summed E-state index contributed by atoms with van der Waals surface area (Å²) in [5.74, 6) is -0.0284. The maximum Gasteiger partial charge on any atom is 0.267 e. The van der Waals surface area contributed by atoms with Gasteiger partial charge in [-0.2, -0.15) is 5.10 Å². The van der Waals surface area contributed by atoms with Gasteiger partial charge in [0.05, 0.1) is 11.7 Å². The molecule has 1 aliphatic heterocycles. The van der Waals surface area contributed by atoms with E-state index in [1.165, 1.54) is 19.3 Å². The fourth-order valence-electron chi connectivity index (χ4n) is 3.93. The summed E-state index contributed by atoms with van der Waals surface area (Å²) in [5, 5.41) is 10.5. The lowest BCUT2D eigenvalue weighted by Crippen LogP contribution is -2.39. The number of halogens is 1. The molecule has 0 saturated heterocycles. The zero-order chi connectivity index (χ0) is 20.6. The molecule has 1 atom stereocenters. The molecule has 2 aromatic carbocycles. The molecule has 4 rings (SSSR count). The van der Waals surface area contributed by atoms with Crippen molar-refractivity contribution >= 4 is 28.9 Å². The zero-order valence-corrected chi connectivity index (χ0v) is 18.0. The first kappa shape index (κ1) is 21.4. The predicted molar refractivity (Wildman–Crippen MR) is 122 cm³/mol. The number of anilines is 1. The summed E-state index contributed by atoms with van der Waals surface area (Å²) >= 11 is 6.04. The van der Waals surface area contributed by atoms with Gasteiger partial charge in [0.25, 0.3) is 5.91 Å². The zero-order valence-electron chi connectivity index (χ0n) is 17.3. The van der Waals surface area contributed by atoms with Crippen LogP contribution in [0.5, 0.6) is 0 Å². The highest BCUT2D eigenvalue weighted by Gasteiger charge is 2.33. The molecule has 1 N–H and O–H groups in total. The number of carbonyl (C=O) groups is 1. The van der Waals surface area contributed by atoms with Gasteiger partial charge in [-0.25, -0.2) is 0 Å². The van der Waals surface area contributed by atoms with Crippen molar-refractivity contribution in [3.63, 3.8) is 0 Å². The molecule has 0 radical (unpaired) electrons. The van der Waals surface area contributed by atoms with Crippen LogP contribution in [0.1, 0.15) is 64.0 Å². The average Bonchev–Trinajstić information content (AvgIpc) is 3.23. The van der Waals surface area contributed by atoms with Crippen molar-refractivity contribution in [2.24, 2.45) is 5.10 Å². The van der Waals surface area contributed by atoms with Gasteiger partial charge in [0.1, 0.15) is 5.71 Å². The maximum absolute atomic E-state index is 12.8. The van der Waals surface area contributed by atoms with Crippen LogP contribution in [-0.2, 0) is 4.79 Å². The van der Waals surface area contributed by atoms with Crippen molar-refractivity contribution in [3.05, 3.63) is 65.2 Å². The van der Waals surface area contributed by atoms with Gasteiger partial charge in [-0.3, -0.25) is 9.80 Å². The van der Waals surface area contributed by atoms with Crippen LogP contribution < -0.4 is 10.3 Å². The quantitative estimate of drug-likeness (QED) is 0.658. The Morgan fingerprint density at radius 1 is 1.00 bits per heavy atom. The van der Waals surface area contributed by atoms with E-state index in [-0.39, 0.29) is 18.0 Å². The predicted octanol–water partition coefficient (Wildman–Crippen LogP) is 6.12. The molecule has 1 amide bonds. The molecule has 1 heterocycles. The lowest BCUT2D eigenvalue weighted by atomic mass is 9.95. The Kier molecular flexibility index (Phi) is 7.70. The first-order valence-electron chi connectivity index (χ1n) is 10.7. The van der Waals surface area contributed by atoms with Crippen LogP contribution in [0.25, 0.3) is 0 Å². The molecule has 29 heavy (non-hydrogen) atoms. The second-order valence-electron chi connectivity index (χ2n) is 7.31. The van der Waals surface area contributed by atoms with E-state index in [9.17, 15) is 4.79 Å². The molecule has 1 saturated carbocycles. The van der Waals surface area contributed by atoms with E-state index in [2.05, 4.69) is 17.4 Å². The van der Waals surface area contributed by atoms with E-state index in [1.54, 1.807) is 0 Å². The summed E-state index contributed by atoms with van der Waals surface area (Å²) < 4.78 is 0. The Morgan fingerprint density at radius 3 is 2.31 bits per heavy atom. The molecule has 0 bridgehead atoms. The van der Waals surface area contributed by atoms with Gasteiger partial charge in [0.15, 0.2) is 0 Å². The van der Waals surface area contributed by atoms with Crippen molar-refractivity contribution in [1.29, 1.82) is 0 Å². The molecular weight excluding hydrogens is 382 g/mol. The summed E-state index contributed by atoms with van der Waals surface area (Å²) in [5.41, 5.74) is 2.69. The smallest absolute Gasteiger partial charge is 0.267 e.